The molecule has 0 aromatic heterocycles. The highest BCUT2D eigenvalue weighted by atomic mass is 32.2. The largest absolute Gasteiger partial charge is 0.395 e. The third-order valence-corrected chi connectivity index (χ3v) is 5.72. The Bertz CT molecular complexity index is 558. The first kappa shape index (κ1) is 15.4. The lowest BCUT2D eigenvalue weighted by Gasteiger charge is -2.23. The molecule has 0 saturated carbocycles. The van der Waals surface area contributed by atoms with Gasteiger partial charge in [0.05, 0.1) is 17.6 Å². The number of rotatable bonds is 5. The average Bonchev–Trinajstić information content (AvgIpc) is 2.95. The van der Waals surface area contributed by atoms with Crippen molar-refractivity contribution in [2.45, 2.75) is 43.2 Å². The summed E-state index contributed by atoms with van der Waals surface area (Å²) in [6, 6.07) is 6.09. The molecule has 1 aliphatic rings. The number of sulfonamides is 1. The van der Waals surface area contributed by atoms with E-state index in [2.05, 4.69) is 0 Å². The molecule has 0 spiro atoms. The first-order valence-electron chi connectivity index (χ1n) is 6.91. The number of hydrogen-bond donors (Lipinski definition) is 2. The summed E-state index contributed by atoms with van der Waals surface area (Å²) in [7, 11) is -3.60. The lowest BCUT2D eigenvalue weighted by molar-refractivity contribution is 0.173. The Kier molecular flexibility index (Phi) is 4.80. The van der Waals surface area contributed by atoms with Gasteiger partial charge in [-0.1, -0.05) is 19.1 Å². The highest BCUT2D eigenvalue weighted by molar-refractivity contribution is 7.89. The van der Waals surface area contributed by atoms with Crippen LogP contribution in [0.15, 0.2) is 29.2 Å². The van der Waals surface area contributed by atoms with Gasteiger partial charge in [0.1, 0.15) is 0 Å². The van der Waals surface area contributed by atoms with E-state index in [-0.39, 0.29) is 17.5 Å². The van der Waals surface area contributed by atoms with E-state index in [0.717, 1.165) is 6.42 Å². The SMILES string of the molecule is CCC(O)c1cccc(S(=O)(=O)N2CCCC2CO)c1. The van der Waals surface area contributed by atoms with Crippen LogP contribution in [-0.4, -0.2) is 42.1 Å². The first-order chi connectivity index (χ1) is 9.50. The van der Waals surface area contributed by atoms with Crippen molar-refractivity contribution in [3.8, 4) is 0 Å². The fourth-order valence-corrected chi connectivity index (χ4v) is 4.30. The highest BCUT2D eigenvalue weighted by Crippen LogP contribution is 2.27. The minimum Gasteiger partial charge on any atom is -0.395 e. The average molecular weight is 299 g/mol. The zero-order valence-electron chi connectivity index (χ0n) is 11.6. The van der Waals surface area contributed by atoms with Crippen molar-refractivity contribution in [1.29, 1.82) is 0 Å². The predicted octanol–water partition coefficient (Wildman–Crippen LogP) is 1.28. The molecule has 2 N–H and O–H groups in total. The number of hydrogen-bond acceptors (Lipinski definition) is 4. The van der Waals surface area contributed by atoms with Gasteiger partial charge in [0.25, 0.3) is 0 Å². The quantitative estimate of drug-likeness (QED) is 0.858. The third-order valence-electron chi connectivity index (χ3n) is 3.77. The summed E-state index contributed by atoms with van der Waals surface area (Å²) in [6.45, 7) is 2.12. The van der Waals surface area contributed by atoms with Crippen LogP contribution in [0.2, 0.25) is 0 Å². The molecule has 112 valence electrons. The van der Waals surface area contributed by atoms with Gasteiger partial charge in [0.2, 0.25) is 10.0 Å². The van der Waals surface area contributed by atoms with Gasteiger partial charge >= 0.3 is 0 Å². The van der Waals surface area contributed by atoms with Gasteiger partial charge < -0.3 is 10.2 Å². The number of aliphatic hydroxyl groups excluding tert-OH is 2. The maximum atomic E-state index is 12.6. The van der Waals surface area contributed by atoms with Crippen molar-refractivity contribution in [3.05, 3.63) is 29.8 Å². The van der Waals surface area contributed by atoms with Crippen LogP contribution in [0.3, 0.4) is 0 Å². The summed E-state index contributed by atoms with van der Waals surface area (Å²) in [4.78, 5) is 0.183. The lowest BCUT2D eigenvalue weighted by Crippen LogP contribution is -2.37. The van der Waals surface area contributed by atoms with E-state index in [0.29, 0.717) is 24.9 Å². The molecule has 2 rings (SSSR count). The van der Waals surface area contributed by atoms with Crippen molar-refractivity contribution in [1.82, 2.24) is 4.31 Å². The molecule has 1 aromatic rings. The van der Waals surface area contributed by atoms with Gasteiger partial charge in [-0.25, -0.2) is 8.42 Å². The normalized spacial score (nSPS) is 22.1. The van der Waals surface area contributed by atoms with E-state index in [1.807, 2.05) is 6.92 Å². The Morgan fingerprint density at radius 2 is 2.20 bits per heavy atom. The van der Waals surface area contributed by atoms with E-state index in [1.54, 1.807) is 12.1 Å². The zero-order chi connectivity index (χ0) is 14.8. The molecule has 1 aliphatic heterocycles. The minimum absolute atomic E-state index is 0.156. The monoisotopic (exact) mass is 299 g/mol. The Morgan fingerprint density at radius 3 is 2.85 bits per heavy atom. The summed E-state index contributed by atoms with van der Waals surface area (Å²) < 4.78 is 26.6. The van der Waals surface area contributed by atoms with Crippen molar-refractivity contribution in [2.75, 3.05) is 13.2 Å². The Morgan fingerprint density at radius 1 is 1.45 bits per heavy atom. The second-order valence-electron chi connectivity index (χ2n) is 5.09. The summed E-state index contributed by atoms with van der Waals surface area (Å²) in [5, 5.41) is 19.1. The molecule has 1 heterocycles. The molecule has 5 nitrogen and oxygen atoms in total. The van der Waals surface area contributed by atoms with Crippen LogP contribution < -0.4 is 0 Å². The van der Waals surface area contributed by atoms with Gasteiger partial charge in [-0.3, -0.25) is 0 Å². The third kappa shape index (κ3) is 2.88. The number of aliphatic hydroxyl groups is 2. The van der Waals surface area contributed by atoms with Crippen molar-refractivity contribution in [2.24, 2.45) is 0 Å². The first-order valence-corrected chi connectivity index (χ1v) is 8.35. The molecule has 0 bridgehead atoms. The molecule has 1 fully saturated rings. The van der Waals surface area contributed by atoms with Gasteiger partial charge in [-0.05, 0) is 37.0 Å². The summed E-state index contributed by atoms with van der Waals surface area (Å²) in [6.07, 6.45) is 1.33. The van der Waals surface area contributed by atoms with Gasteiger partial charge in [0, 0.05) is 12.6 Å². The van der Waals surface area contributed by atoms with Gasteiger partial charge in [-0.15, -0.1) is 0 Å². The molecule has 0 amide bonds. The maximum absolute atomic E-state index is 12.6. The standard InChI is InChI=1S/C14H21NO4S/c1-2-14(17)11-5-3-7-13(9-11)20(18,19)15-8-4-6-12(15)10-16/h3,5,7,9,12,14,16-17H,2,4,6,8,10H2,1H3. The zero-order valence-corrected chi connectivity index (χ0v) is 12.4. The molecule has 6 heteroatoms. The lowest BCUT2D eigenvalue weighted by atomic mass is 10.1. The van der Waals surface area contributed by atoms with E-state index < -0.39 is 16.1 Å². The molecular weight excluding hydrogens is 278 g/mol. The van der Waals surface area contributed by atoms with Crippen LogP contribution in [0.5, 0.6) is 0 Å². The van der Waals surface area contributed by atoms with E-state index in [4.69, 9.17) is 0 Å². The Labute approximate surface area is 119 Å². The fourth-order valence-electron chi connectivity index (χ4n) is 2.56. The Hall–Kier alpha value is -0.950. The summed E-state index contributed by atoms with van der Waals surface area (Å²) in [5.74, 6) is 0. The Balaban J connectivity index is 2.34. The second-order valence-corrected chi connectivity index (χ2v) is 6.98. The molecule has 2 atom stereocenters. The van der Waals surface area contributed by atoms with Gasteiger partial charge in [0.15, 0.2) is 0 Å². The minimum atomic E-state index is -3.60. The molecule has 0 radical (unpaired) electrons. The van der Waals surface area contributed by atoms with Crippen LogP contribution in [0.25, 0.3) is 0 Å². The van der Waals surface area contributed by atoms with Crippen molar-refractivity contribution < 1.29 is 18.6 Å². The van der Waals surface area contributed by atoms with Crippen molar-refractivity contribution in [3.63, 3.8) is 0 Å². The number of nitrogens with zero attached hydrogens (tertiary/aromatic N) is 1. The molecule has 1 saturated heterocycles. The number of benzene rings is 1. The fraction of sp³-hybridized carbons (Fsp3) is 0.571. The van der Waals surface area contributed by atoms with E-state index >= 15 is 0 Å². The summed E-state index contributed by atoms with van der Waals surface area (Å²) in [5.41, 5.74) is 0.605. The topological polar surface area (TPSA) is 77.8 Å². The van der Waals surface area contributed by atoms with Crippen LogP contribution >= 0.6 is 0 Å². The second kappa shape index (κ2) is 6.22. The van der Waals surface area contributed by atoms with Crippen molar-refractivity contribution >= 4 is 10.0 Å². The molecule has 20 heavy (non-hydrogen) atoms. The van der Waals surface area contributed by atoms with Crippen LogP contribution in [0, 0.1) is 0 Å². The molecule has 0 aliphatic carbocycles. The van der Waals surface area contributed by atoms with E-state index in [1.165, 1.54) is 16.4 Å². The molecular formula is C14H21NO4S. The van der Waals surface area contributed by atoms with Crippen LogP contribution in [0.4, 0.5) is 0 Å². The maximum Gasteiger partial charge on any atom is 0.243 e. The summed E-state index contributed by atoms with van der Waals surface area (Å²) >= 11 is 0. The highest BCUT2D eigenvalue weighted by Gasteiger charge is 2.34. The van der Waals surface area contributed by atoms with Gasteiger partial charge in [-0.2, -0.15) is 4.31 Å². The van der Waals surface area contributed by atoms with Crippen LogP contribution in [0.1, 0.15) is 37.9 Å². The smallest absolute Gasteiger partial charge is 0.243 e. The molecule has 1 aromatic carbocycles. The van der Waals surface area contributed by atoms with Crippen LogP contribution in [-0.2, 0) is 10.0 Å². The predicted molar refractivity (Wildman–Crippen MR) is 75.7 cm³/mol. The van der Waals surface area contributed by atoms with E-state index in [9.17, 15) is 18.6 Å². The molecule has 2 unspecified atom stereocenters.